The molecule has 0 spiro atoms. The summed E-state index contributed by atoms with van der Waals surface area (Å²) in [6, 6.07) is 0.490. The average molecular weight is 335 g/mol. The van der Waals surface area contributed by atoms with E-state index >= 15 is 0 Å². The van der Waals surface area contributed by atoms with Crippen LogP contribution in [0.15, 0.2) is 15.0 Å². The van der Waals surface area contributed by atoms with Crippen molar-refractivity contribution >= 4 is 22.3 Å². The lowest BCUT2D eigenvalue weighted by Crippen LogP contribution is -2.41. The number of anilines is 2. The van der Waals surface area contributed by atoms with Crippen molar-refractivity contribution in [2.75, 3.05) is 11.1 Å². The van der Waals surface area contributed by atoms with Crippen LogP contribution in [0, 0.1) is 5.92 Å². The minimum absolute atomic E-state index is 0.190. The maximum absolute atomic E-state index is 12.5. The van der Waals surface area contributed by atoms with Gasteiger partial charge >= 0.3 is 5.69 Å². The minimum Gasteiger partial charge on any atom is -0.384 e. The predicted molar refractivity (Wildman–Crippen MR) is 92.9 cm³/mol. The highest BCUT2D eigenvalue weighted by Crippen LogP contribution is 2.30. The number of aromatic nitrogens is 3. The molecule has 0 atom stereocenters. The summed E-state index contributed by atoms with van der Waals surface area (Å²) in [6.07, 6.45) is 2.30. The van der Waals surface area contributed by atoms with Gasteiger partial charge < -0.3 is 11.1 Å². The van der Waals surface area contributed by atoms with Crippen molar-refractivity contribution in [2.24, 2.45) is 13.0 Å². The third kappa shape index (κ3) is 3.03. The number of nitrogens with one attached hydrogen (secondary N) is 1. The fourth-order valence-corrected chi connectivity index (χ4v) is 3.20. The molecule has 2 aromatic rings. The lowest BCUT2D eigenvalue weighted by molar-refractivity contribution is 0.494. The summed E-state index contributed by atoms with van der Waals surface area (Å²) in [7, 11) is 1.47. The minimum atomic E-state index is -0.407. The van der Waals surface area contributed by atoms with E-state index in [9.17, 15) is 9.59 Å². The molecule has 0 saturated heterocycles. The number of nitrogens with two attached hydrogens (primary N) is 1. The van der Waals surface area contributed by atoms with Crippen molar-refractivity contribution in [1.29, 1.82) is 0 Å². The Labute approximate surface area is 137 Å². The van der Waals surface area contributed by atoms with Gasteiger partial charge in [0.2, 0.25) is 0 Å². The maximum atomic E-state index is 12.5. The lowest BCUT2D eigenvalue weighted by atomic mass is 10.2. The molecule has 0 amide bonds. The third-order valence-electron chi connectivity index (χ3n) is 3.80. The molecular formula is C15H21N5O2S. The van der Waals surface area contributed by atoms with E-state index in [1.165, 1.54) is 23.0 Å². The van der Waals surface area contributed by atoms with Gasteiger partial charge in [-0.1, -0.05) is 13.8 Å². The molecule has 0 bridgehead atoms. The summed E-state index contributed by atoms with van der Waals surface area (Å²) in [5.41, 5.74) is 6.17. The fourth-order valence-electron chi connectivity index (χ4n) is 2.42. The third-order valence-corrected chi connectivity index (χ3v) is 4.57. The molecule has 23 heavy (non-hydrogen) atoms. The molecule has 3 N–H and O–H groups in total. The maximum Gasteiger partial charge on any atom is 0.332 e. The van der Waals surface area contributed by atoms with Crippen molar-refractivity contribution in [2.45, 2.75) is 39.3 Å². The van der Waals surface area contributed by atoms with Gasteiger partial charge in [0, 0.05) is 25.0 Å². The first kappa shape index (κ1) is 15.8. The van der Waals surface area contributed by atoms with Crippen LogP contribution < -0.4 is 22.3 Å². The van der Waals surface area contributed by atoms with Gasteiger partial charge in [-0.25, -0.2) is 9.78 Å². The van der Waals surface area contributed by atoms with E-state index in [1.807, 2.05) is 19.2 Å². The Bertz CT molecular complexity index is 845. The van der Waals surface area contributed by atoms with Crippen LogP contribution >= 0.6 is 11.3 Å². The van der Waals surface area contributed by atoms with Gasteiger partial charge in [0.05, 0.1) is 5.69 Å². The monoisotopic (exact) mass is 335 g/mol. The molecule has 2 aromatic heterocycles. The molecule has 124 valence electrons. The largest absolute Gasteiger partial charge is 0.384 e. The van der Waals surface area contributed by atoms with Crippen LogP contribution in [0.4, 0.5) is 10.9 Å². The Morgan fingerprint density at radius 2 is 2.13 bits per heavy atom. The first-order valence-electron chi connectivity index (χ1n) is 7.70. The van der Waals surface area contributed by atoms with E-state index in [1.54, 1.807) is 0 Å². The Morgan fingerprint density at radius 1 is 1.43 bits per heavy atom. The van der Waals surface area contributed by atoms with Gasteiger partial charge in [0.1, 0.15) is 11.4 Å². The van der Waals surface area contributed by atoms with Gasteiger partial charge in [-0.05, 0) is 18.8 Å². The summed E-state index contributed by atoms with van der Waals surface area (Å²) in [5.74, 6) is 0.429. The zero-order valence-corrected chi connectivity index (χ0v) is 14.3. The Hall–Kier alpha value is -2.09. The Morgan fingerprint density at radius 3 is 2.74 bits per heavy atom. The van der Waals surface area contributed by atoms with Crippen molar-refractivity contribution in [3.05, 3.63) is 26.2 Å². The quantitative estimate of drug-likeness (QED) is 0.863. The first-order valence-corrected chi connectivity index (χ1v) is 8.58. The van der Waals surface area contributed by atoms with E-state index in [2.05, 4.69) is 10.3 Å². The smallest absolute Gasteiger partial charge is 0.332 e. The van der Waals surface area contributed by atoms with E-state index in [4.69, 9.17) is 5.73 Å². The fraction of sp³-hybridized carbons (Fsp3) is 0.533. The molecule has 2 heterocycles. The van der Waals surface area contributed by atoms with Crippen LogP contribution in [-0.4, -0.2) is 20.2 Å². The summed E-state index contributed by atoms with van der Waals surface area (Å²) in [5, 5.41) is 5.90. The molecule has 1 aliphatic rings. The predicted octanol–water partition coefficient (Wildman–Crippen LogP) is 1.48. The van der Waals surface area contributed by atoms with Gasteiger partial charge in [-0.2, -0.15) is 0 Å². The second-order valence-electron chi connectivity index (χ2n) is 6.37. The average Bonchev–Trinajstić information content (AvgIpc) is 3.19. The van der Waals surface area contributed by atoms with Crippen LogP contribution in [0.2, 0.25) is 0 Å². The highest BCUT2D eigenvalue weighted by Gasteiger charge is 2.24. The SMILES string of the molecule is CC(C)Cn1c(N)c(-c2csc(NC3CC3)n2)c(=O)n(C)c1=O. The van der Waals surface area contributed by atoms with Crippen molar-refractivity contribution < 1.29 is 0 Å². The molecule has 1 aliphatic carbocycles. The molecule has 0 aromatic carbocycles. The van der Waals surface area contributed by atoms with Crippen LogP contribution in [0.1, 0.15) is 26.7 Å². The van der Waals surface area contributed by atoms with Gasteiger partial charge in [0.15, 0.2) is 5.13 Å². The van der Waals surface area contributed by atoms with Crippen molar-refractivity contribution in [3.8, 4) is 11.3 Å². The van der Waals surface area contributed by atoms with Gasteiger partial charge in [-0.15, -0.1) is 11.3 Å². The first-order chi connectivity index (χ1) is 10.9. The number of rotatable bonds is 5. The summed E-state index contributed by atoms with van der Waals surface area (Å²) in [6.45, 7) is 4.46. The molecular weight excluding hydrogens is 314 g/mol. The van der Waals surface area contributed by atoms with Crippen molar-refractivity contribution in [1.82, 2.24) is 14.1 Å². The van der Waals surface area contributed by atoms with E-state index in [0.29, 0.717) is 23.8 Å². The topological polar surface area (TPSA) is 94.9 Å². The molecule has 7 nitrogen and oxygen atoms in total. The standard InChI is InChI=1S/C15H21N5O2S/c1-8(2)6-20-12(16)11(13(21)19(3)15(20)22)10-7-23-14(18-10)17-9-4-5-9/h7-9H,4-6,16H2,1-3H3,(H,17,18). The summed E-state index contributed by atoms with van der Waals surface area (Å²) in [4.78, 5) is 29.3. The number of thiazole rings is 1. The Kier molecular flexibility index (Phi) is 4.01. The zero-order chi connectivity index (χ0) is 16.7. The molecule has 1 saturated carbocycles. The number of nitrogens with zero attached hydrogens (tertiary/aromatic N) is 3. The second-order valence-corrected chi connectivity index (χ2v) is 7.23. The zero-order valence-electron chi connectivity index (χ0n) is 13.5. The number of nitrogen functional groups attached to an aromatic ring is 1. The van der Waals surface area contributed by atoms with Gasteiger partial charge in [-0.3, -0.25) is 13.9 Å². The molecule has 1 fully saturated rings. The van der Waals surface area contributed by atoms with Crippen molar-refractivity contribution in [3.63, 3.8) is 0 Å². The van der Waals surface area contributed by atoms with Crippen LogP contribution in [0.3, 0.4) is 0 Å². The van der Waals surface area contributed by atoms with E-state index in [0.717, 1.165) is 22.5 Å². The summed E-state index contributed by atoms with van der Waals surface area (Å²) < 4.78 is 2.55. The van der Waals surface area contributed by atoms with Crippen LogP contribution in [0.5, 0.6) is 0 Å². The highest BCUT2D eigenvalue weighted by atomic mass is 32.1. The number of hydrogen-bond acceptors (Lipinski definition) is 6. The molecule has 8 heteroatoms. The lowest BCUT2D eigenvalue weighted by Gasteiger charge is -2.15. The van der Waals surface area contributed by atoms with Crippen LogP contribution in [0.25, 0.3) is 11.3 Å². The van der Waals surface area contributed by atoms with E-state index in [-0.39, 0.29) is 11.7 Å². The van der Waals surface area contributed by atoms with E-state index < -0.39 is 11.2 Å². The molecule has 0 aliphatic heterocycles. The second kappa shape index (κ2) is 5.84. The molecule has 3 rings (SSSR count). The molecule has 0 radical (unpaired) electrons. The molecule has 0 unspecified atom stereocenters. The highest BCUT2D eigenvalue weighted by molar-refractivity contribution is 7.14. The summed E-state index contributed by atoms with van der Waals surface area (Å²) >= 11 is 1.45. The number of hydrogen-bond donors (Lipinski definition) is 2. The normalized spacial score (nSPS) is 14.4. The van der Waals surface area contributed by atoms with Crippen LogP contribution in [-0.2, 0) is 13.6 Å². The Balaban J connectivity index is 2.10. The van der Waals surface area contributed by atoms with Gasteiger partial charge in [0.25, 0.3) is 5.56 Å².